The predicted octanol–water partition coefficient (Wildman–Crippen LogP) is 2.88. The maximum absolute atomic E-state index is 11.4. The highest BCUT2D eigenvalue weighted by atomic mass is 16.6. The standard InChI is InChI=1S/C21H22N4O4/c1-13(22)25-18-9-8-16(29-12-20(26)28-3)10-17(18)21(24-11-19(25)23)14-4-6-15(27-2)7-5-14/h4-10,22-23H,11-12H2,1-3H3. The van der Waals surface area contributed by atoms with Crippen molar-refractivity contribution in [2.24, 2.45) is 4.99 Å². The number of carbonyl (C=O) groups excluding carboxylic acids is 1. The summed E-state index contributed by atoms with van der Waals surface area (Å²) < 4.78 is 15.4. The fourth-order valence-corrected chi connectivity index (χ4v) is 3.02. The first kappa shape index (κ1) is 20.1. The molecule has 0 bridgehead atoms. The van der Waals surface area contributed by atoms with Crippen molar-refractivity contribution in [1.29, 1.82) is 10.8 Å². The van der Waals surface area contributed by atoms with Crippen LogP contribution in [-0.2, 0) is 9.53 Å². The van der Waals surface area contributed by atoms with Crippen LogP contribution in [0.2, 0.25) is 0 Å². The van der Waals surface area contributed by atoms with Crippen molar-refractivity contribution in [1.82, 2.24) is 0 Å². The largest absolute Gasteiger partial charge is 0.497 e. The summed E-state index contributed by atoms with van der Waals surface area (Å²) in [5.74, 6) is 1.12. The van der Waals surface area contributed by atoms with Crippen LogP contribution in [-0.4, -0.2) is 50.7 Å². The van der Waals surface area contributed by atoms with Gasteiger partial charge in [-0.15, -0.1) is 0 Å². The second-order valence-corrected chi connectivity index (χ2v) is 6.30. The predicted molar refractivity (Wildman–Crippen MR) is 111 cm³/mol. The molecule has 0 saturated heterocycles. The molecule has 0 spiro atoms. The summed E-state index contributed by atoms with van der Waals surface area (Å²) in [5, 5.41) is 16.5. The highest BCUT2D eigenvalue weighted by Crippen LogP contribution is 2.31. The van der Waals surface area contributed by atoms with E-state index in [4.69, 9.17) is 20.3 Å². The Morgan fingerprint density at radius 1 is 1.14 bits per heavy atom. The lowest BCUT2D eigenvalue weighted by molar-refractivity contribution is -0.142. The van der Waals surface area contributed by atoms with Crippen LogP contribution in [0, 0.1) is 10.8 Å². The van der Waals surface area contributed by atoms with Crippen LogP contribution in [0.3, 0.4) is 0 Å². The Morgan fingerprint density at radius 3 is 2.45 bits per heavy atom. The minimum Gasteiger partial charge on any atom is -0.497 e. The molecule has 0 atom stereocenters. The van der Waals surface area contributed by atoms with Crippen LogP contribution in [0.15, 0.2) is 47.5 Å². The Bertz CT molecular complexity index is 983. The number of rotatable bonds is 5. The molecule has 0 aromatic heterocycles. The Balaban J connectivity index is 2.09. The molecule has 3 rings (SSSR count). The van der Waals surface area contributed by atoms with E-state index >= 15 is 0 Å². The zero-order chi connectivity index (χ0) is 21.0. The molecule has 0 amide bonds. The van der Waals surface area contributed by atoms with Crippen LogP contribution in [0.4, 0.5) is 5.69 Å². The molecule has 150 valence electrons. The lowest BCUT2D eigenvalue weighted by Gasteiger charge is -2.24. The number of nitrogens with zero attached hydrogens (tertiary/aromatic N) is 2. The Labute approximate surface area is 168 Å². The summed E-state index contributed by atoms with van der Waals surface area (Å²) in [6, 6.07) is 12.7. The number of nitrogens with one attached hydrogen (secondary N) is 2. The van der Waals surface area contributed by atoms with Gasteiger partial charge in [0.2, 0.25) is 0 Å². The molecular formula is C21H22N4O4. The van der Waals surface area contributed by atoms with E-state index in [0.717, 1.165) is 11.3 Å². The smallest absolute Gasteiger partial charge is 0.343 e. The van der Waals surface area contributed by atoms with E-state index in [9.17, 15) is 4.79 Å². The third kappa shape index (κ3) is 4.26. The lowest BCUT2D eigenvalue weighted by atomic mass is 9.99. The van der Waals surface area contributed by atoms with Crippen molar-refractivity contribution in [3.63, 3.8) is 0 Å². The maximum atomic E-state index is 11.4. The monoisotopic (exact) mass is 394 g/mol. The Morgan fingerprint density at radius 2 is 1.83 bits per heavy atom. The molecule has 0 unspecified atom stereocenters. The third-order valence-electron chi connectivity index (χ3n) is 4.40. The number of ether oxygens (including phenoxy) is 3. The number of amidine groups is 2. The topological polar surface area (TPSA) is 108 Å². The van der Waals surface area contributed by atoms with Crippen LogP contribution in [0.5, 0.6) is 11.5 Å². The van der Waals surface area contributed by atoms with Gasteiger partial charge in [-0.05, 0) is 49.4 Å². The number of hydrogen-bond acceptors (Lipinski definition) is 7. The number of benzodiazepines with no additional fused rings is 1. The van der Waals surface area contributed by atoms with Crippen molar-refractivity contribution in [3.05, 3.63) is 53.6 Å². The number of benzene rings is 2. The van der Waals surface area contributed by atoms with Crippen molar-refractivity contribution in [2.75, 3.05) is 32.3 Å². The molecule has 1 heterocycles. The zero-order valence-corrected chi connectivity index (χ0v) is 16.5. The van der Waals surface area contributed by atoms with Crippen molar-refractivity contribution < 1.29 is 19.0 Å². The molecule has 2 aromatic carbocycles. The van der Waals surface area contributed by atoms with Gasteiger partial charge in [0, 0.05) is 11.1 Å². The van der Waals surface area contributed by atoms with Crippen LogP contribution < -0.4 is 14.4 Å². The SMILES string of the molecule is COC(=O)COc1ccc2c(c1)C(c1ccc(OC)cc1)=NCC(=N)N2C(C)=N. The summed E-state index contributed by atoms with van der Waals surface area (Å²) in [5.41, 5.74) is 2.86. The van der Waals surface area contributed by atoms with Gasteiger partial charge in [-0.2, -0.15) is 0 Å². The zero-order valence-electron chi connectivity index (χ0n) is 16.5. The highest BCUT2D eigenvalue weighted by molar-refractivity contribution is 6.25. The van der Waals surface area contributed by atoms with Gasteiger partial charge in [0.05, 0.1) is 32.2 Å². The number of methoxy groups -OCH3 is 2. The molecule has 2 aromatic rings. The van der Waals surface area contributed by atoms with Crippen molar-refractivity contribution in [3.8, 4) is 11.5 Å². The van der Waals surface area contributed by atoms with E-state index in [1.165, 1.54) is 7.11 Å². The summed E-state index contributed by atoms with van der Waals surface area (Å²) >= 11 is 0. The van der Waals surface area contributed by atoms with Crippen LogP contribution in [0.25, 0.3) is 0 Å². The minimum absolute atomic E-state index is 0.130. The van der Waals surface area contributed by atoms with Gasteiger partial charge in [0.25, 0.3) is 0 Å². The van der Waals surface area contributed by atoms with E-state index in [1.807, 2.05) is 24.3 Å². The summed E-state index contributed by atoms with van der Waals surface area (Å²) in [6.07, 6.45) is 0. The van der Waals surface area contributed by atoms with Gasteiger partial charge in [0.15, 0.2) is 6.61 Å². The van der Waals surface area contributed by atoms with Crippen LogP contribution >= 0.6 is 0 Å². The molecule has 0 saturated carbocycles. The van der Waals surface area contributed by atoms with Gasteiger partial charge in [0.1, 0.15) is 23.2 Å². The molecule has 0 radical (unpaired) electrons. The van der Waals surface area contributed by atoms with Crippen molar-refractivity contribution >= 4 is 29.0 Å². The fraction of sp³-hybridized carbons (Fsp3) is 0.238. The summed E-state index contributed by atoms with van der Waals surface area (Å²) in [6.45, 7) is 1.54. The number of anilines is 1. The number of fused-ring (bicyclic) bond motifs is 1. The Kier molecular flexibility index (Phi) is 5.92. The first-order chi connectivity index (χ1) is 13.9. The highest BCUT2D eigenvalue weighted by Gasteiger charge is 2.25. The number of hydrogen-bond donors (Lipinski definition) is 2. The molecular weight excluding hydrogens is 372 g/mol. The molecule has 1 aliphatic heterocycles. The maximum Gasteiger partial charge on any atom is 0.343 e. The molecule has 0 aliphatic carbocycles. The normalized spacial score (nSPS) is 13.1. The number of carbonyl (C=O) groups is 1. The Hall–Kier alpha value is -3.68. The van der Waals surface area contributed by atoms with E-state index in [2.05, 4.69) is 9.73 Å². The van der Waals surface area contributed by atoms with Gasteiger partial charge in [-0.3, -0.25) is 20.7 Å². The number of esters is 1. The molecule has 29 heavy (non-hydrogen) atoms. The summed E-state index contributed by atoms with van der Waals surface area (Å²) in [7, 11) is 2.90. The van der Waals surface area contributed by atoms with Gasteiger partial charge < -0.3 is 14.2 Å². The van der Waals surface area contributed by atoms with Gasteiger partial charge in [-0.1, -0.05) is 0 Å². The van der Waals surface area contributed by atoms with E-state index in [1.54, 1.807) is 37.1 Å². The van der Waals surface area contributed by atoms with E-state index < -0.39 is 5.97 Å². The lowest BCUT2D eigenvalue weighted by Crippen LogP contribution is -2.35. The minimum atomic E-state index is -0.484. The second kappa shape index (κ2) is 8.55. The average Bonchev–Trinajstić information content (AvgIpc) is 2.87. The fourth-order valence-electron chi connectivity index (χ4n) is 3.02. The quantitative estimate of drug-likeness (QED) is 0.461. The average molecular weight is 394 g/mol. The molecule has 0 fully saturated rings. The van der Waals surface area contributed by atoms with Crippen molar-refractivity contribution in [2.45, 2.75) is 6.92 Å². The molecule has 8 nitrogen and oxygen atoms in total. The molecule has 1 aliphatic rings. The van der Waals surface area contributed by atoms with E-state index in [-0.39, 0.29) is 24.8 Å². The van der Waals surface area contributed by atoms with E-state index in [0.29, 0.717) is 22.7 Å². The third-order valence-corrected chi connectivity index (χ3v) is 4.40. The number of aliphatic imine (C=N–C) groups is 1. The summed E-state index contributed by atoms with van der Waals surface area (Å²) in [4.78, 5) is 17.6. The van der Waals surface area contributed by atoms with Crippen LogP contribution in [0.1, 0.15) is 18.1 Å². The molecule has 8 heteroatoms. The molecule has 2 N–H and O–H groups in total. The van der Waals surface area contributed by atoms with Gasteiger partial charge >= 0.3 is 5.97 Å². The second-order valence-electron chi connectivity index (χ2n) is 6.30. The first-order valence-corrected chi connectivity index (χ1v) is 8.90. The first-order valence-electron chi connectivity index (χ1n) is 8.90. The van der Waals surface area contributed by atoms with Gasteiger partial charge in [-0.25, -0.2) is 4.79 Å².